The van der Waals surface area contributed by atoms with E-state index in [1.807, 2.05) is 44.2 Å². The highest BCUT2D eigenvalue weighted by Gasteiger charge is 2.23. The van der Waals surface area contributed by atoms with E-state index in [4.69, 9.17) is 9.47 Å². The molecule has 0 saturated carbocycles. The Labute approximate surface area is 229 Å². The van der Waals surface area contributed by atoms with Crippen LogP contribution in [0.25, 0.3) is 0 Å². The molecule has 0 atom stereocenters. The molecule has 0 unspecified atom stereocenters. The lowest BCUT2D eigenvalue weighted by atomic mass is 10.0. The van der Waals surface area contributed by atoms with Crippen LogP contribution in [0.1, 0.15) is 51.9 Å². The number of nitrogens with zero attached hydrogens (tertiary/aromatic N) is 5. The van der Waals surface area contributed by atoms with Crippen LogP contribution in [-0.4, -0.2) is 91.0 Å². The van der Waals surface area contributed by atoms with E-state index in [9.17, 15) is 9.59 Å². The van der Waals surface area contributed by atoms with Crippen molar-refractivity contribution in [2.75, 3.05) is 64.5 Å². The monoisotopic (exact) mass is 531 g/mol. The van der Waals surface area contributed by atoms with Gasteiger partial charge < -0.3 is 24.2 Å². The van der Waals surface area contributed by atoms with Gasteiger partial charge in [-0.05, 0) is 55.8 Å². The van der Waals surface area contributed by atoms with E-state index in [1.165, 1.54) is 0 Å². The van der Waals surface area contributed by atoms with Crippen LogP contribution in [0.2, 0.25) is 0 Å². The Morgan fingerprint density at radius 2 is 1.77 bits per heavy atom. The molecular weight excluding hydrogens is 494 g/mol. The summed E-state index contributed by atoms with van der Waals surface area (Å²) in [5.74, 6) is 0.604. The Morgan fingerprint density at radius 3 is 2.56 bits per heavy atom. The number of morpholine rings is 1. The summed E-state index contributed by atoms with van der Waals surface area (Å²) in [7, 11) is 1.78. The number of hydrogen-bond acceptors (Lipinski definition) is 6. The van der Waals surface area contributed by atoms with Gasteiger partial charge in [0.15, 0.2) is 0 Å². The molecule has 1 fully saturated rings. The van der Waals surface area contributed by atoms with Gasteiger partial charge in [0, 0.05) is 68.7 Å². The number of fused-ring (bicyclic) bond motifs is 3. The molecule has 2 aliphatic heterocycles. The molecule has 2 bridgehead atoms. The van der Waals surface area contributed by atoms with Crippen molar-refractivity contribution in [3.8, 4) is 5.75 Å². The molecule has 1 aromatic heterocycles. The lowest BCUT2D eigenvalue weighted by Gasteiger charge is -2.30. The molecule has 0 spiro atoms. The van der Waals surface area contributed by atoms with Crippen molar-refractivity contribution in [3.63, 3.8) is 0 Å². The Hall–Kier alpha value is -3.85. The predicted molar refractivity (Wildman–Crippen MR) is 150 cm³/mol. The summed E-state index contributed by atoms with van der Waals surface area (Å²) < 4.78 is 13.6. The van der Waals surface area contributed by atoms with Gasteiger partial charge in [0.1, 0.15) is 18.1 Å². The summed E-state index contributed by atoms with van der Waals surface area (Å²) in [6.07, 6.45) is 2.29. The van der Waals surface area contributed by atoms with Crippen molar-refractivity contribution in [2.45, 2.75) is 26.3 Å². The maximum atomic E-state index is 13.6. The number of ether oxygens (including phenoxy) is 2. The first-order chi connectivity index (χ1) is 18.9. The van der Waals surface area contributed by atoms with Gasteiger partial charge in [0.25, 0.3) is 11.8 Å². The van der Waals surface area contributed by atoms with Crippen LogP contribution >= 0.6 is 0 Å². The Kier molecular flexibility index (Phi) is 8.16. The number of carbonyl (C=O) groups is 2. The van der Waals surface area contributed by atoms with Gasteiger partial charge in [-0.15, -0.1) is 0 Å². The van der Waals surface area contributed by atoms with Crippen LogP contribution in [0, 0.1) is 0 Å². The molecule has 0 N–H and O–H groups in total. The maximum absolute atomic E-state index is 13.6. The highest BCUT2D eigenvalue weighted by atomic mass is 16.5. The van der Waals surface area contributed by atoms with Gasteiger partial charge in [-0.3, -0.25) is 14.3 Å². The maximum Gasteiger partial charge on any atom is 0.272 e. The lowest BCUT2D eigenvalue weighted by molar-refractivity contribution is 0.0658. The zero-order valence-electron chi connectivity index (χ0n) is 23.0. The van der Waals surface area contributed by atoms with Crippen LogP contribution in [0.3, 0.4) is 0 Å². The molecule has 2 aliphatic rings. The second kappa shape index (κ2) is 11.9. The minimum atomic E-state index is -0.123. The fourth-order valence-electron chi connectivity index (χ4n) is 5.13. The molecule has 0 aliphatic carbocycles. The summed E-state index contributed by atoms with van der Waals surface area (Å²) in [4.78, 5) is 32.7. The molecule has 0 radical (unpaired) electrons. The average molecular weight is 532 g/mol. The molecule has 9 heteroatoms. The molecule has 3 aromatic rings. The molecule has 206 valence electrons. The number of benzene rings is 2. The highest BCUT2D eigenvalue weighted by Crippen LogP contribution is 2.29. The SMILES string of the molecule is CC(C)n1nccc1C(=O)N1CCOc2ccc(N3CCOCC3)cc2Cc2cccc(c2)C(=O)N(C)CC1. The van der Waals surface area contributed by atoms with E-state index in [1.54, 1.807) is 33.8 Å². The molecule has 3 heterocycles. The molecule has 2 aromatic carbocycles. The Balaban J connectivity index is 1.46. The van der Waals surface area contributed by atoms with E-state index < -0.39 is 0 Å². The summed E-state index contributed by atoms with van der Waals surface area (Å²) in [5, 5.41) is 4.34. The van der Waals surface area contributed by atoms with E-state index >= 15 is 0 Å². The van der Waals surface area contributed by atoms with Crippen molar-refractivity contribution in [3.05, 3.63) is 77.1 Å². The van der Waals surface area contributed by atoms with Crippen LogP contribution < -0.4 is 9.64 Å². The zero-order chi connectivity index (χ0) is 27.4. The quantitative estimate of drug-likeness (QED) is 0.515. The fourth-order valence-corrected chi connectivity index (χ4v) is 5.13. The highest BCUT2D eigenvalue weighted by molar-refractivity contribution is 5.94. The third-order valence-electron chi connectivity index (χ3n) is 7.33. The number of hydrogen-bond donors (Lipinski definition) is 0. The molecule has 9 nitrogen and oxygen atoms in total. The Morgan fingerprint density at radius 1 is 0.949 bits per heavy atom. The number of rotatable bonds is 3. The van der Waals surface area contributed by atoms with Gasteiger partial charge in [-0.1, -0.05) is 12.1 Å². The second-order valence-electron chi connectivity index (χ2n) is 10.4. The molecule has 2 amide bonds. The van der Waals surface area contributed by atoms with E-state index in [2.05, 4.69) is 22.1 Å². The number of aromatic nitrogens is 2. The van der Waals surface area contributed by atoms with Gasteiger partial charge in [0.05, 0.1) is 19.8 Å². The van der Waals surface area contributed by atoms with Crippen molar-refractivity contribution in [1.82, 2.24) is 19.6 Å². The number of anilines is 1. The summed E-state index contributed by atoms with van der Waals surface area (Å²) in [6, 6.07) is 15.9. The third kappa shape index (κ3) is 6.09. The van der Waals surface area contributed by atoms with Crippen LogP contribution in [0.15, 0.2) is 54.7 Å². The first kappa shape index (κ1) is 26.7. The topological polar surface area (TPSA) is 80.1 Å². The molecule has 39 heavy (non-hydrogen) atoms. The third-order valence-corrected chi connectivity index (χ3v) is 7.33. The van der Waals surface area contributed by atoms with Crippen molar-refractivity contribution in [1.29, 1.82) is 0 Å². The van der Waals surface area contributed by atoms with Gasteiger partial charge in [0.2, 0.25) is 0 Å². The van der Waals surface area contributed by atoms with Crippen molar-refractivity contribution >= 4 is 17.5 Å². The van der Waals surface area contributed by atoms with E-state index in [-0.39, 0.29) is 17.9 Å². The second-order valence-corrected chi connectivity index (χ2v) is 10.4. The van der Waals surface area contributed by atoms with Crippen molar-refractivity contribution in [2.24, 2.45) is 0 Å². The minimum Gasteiger partial charge on any atom is -0.491 e. The van der Waals surface area contributed by atoms with E-state index in [0.29, 0.717) is 57.1 Å². The Bertz CT molecular complexity index is 1310. The van der Waals surface area contributed by atoms with E-state index in [0.717, 1.165) is 35.7 Å². The molecule has 5 rings (SSSR count). The largest absolute Gasteiger partial charge is 0.491 e. The molecular formula is C30H37N5O4. The standard InChI is InChI=1S/C30H37N5O4/c1-22(2)35-27(9-10-31-35)30(37)34-12-11-32(3)29(36)24-6-4-5-23(19-24)20-25-21-26(33-13-16-38-17-14-33)7-8-28(25)39-18-15-34/h4-10,19,21-22H,11-18,20H2,1-3H3. The number of carbonyl (C=O) groups excluding carboxylic acids is 2. The number of likely N-dealkylation sites (N-methyl/N-ethyl adjacent to an activating group) is 1. The van der Waals surface area contributed by atoms with Gasteiger partial charge in [-0.2, -0.15) is 5.10 Å². The average Bonchev–Trinajstić information content (AvgIpc) is 3.45. The van der Waals surface area contributed by atoms with Crippen LogP contribution in [0.5, 0.6) is 5.75 Å². The number of amides is 2. The van der Waals surface area contributed by atoms with Gasteiger partial charge in [-0.25, -0.2) is 0 Å². The predicted octanol–water partition coefficient (Wildman–Crippen LogP) is 3.50. The smallest absolute Gasteiger partial charge is 0.272 e. The summed E-state index contributed by atoms with van der Waals surface area (Å²) >= 11 is 0. The lowest BCUT2D eigenvalue weighted by Crippen LogP contribution is -2.42. The van der Waals surface area contributed by atoms with Crippen LogP contribution in [-0.2, 0) is 11.2 Å². The minimum absolute atomic E-state index is 0.0546. The van der Waals surface area contributed by atoms with Crippen molar-refractivity contribution < 1.29 is 19.1 Å². The first-order valence-corrected chi connectivity index (χ1v) is 13.7. The molecule has 1 saturated heterocycles. The zero-order valence-corrected chi connectivity index (χ0v) is 23.0. The normalized spacial score (nSPS) is 17.0. The fraction of sp³-hybridized carbons (Fsp3) is 0.433. The van der Waals surface area contributed by atoms with Gasteiger partial charge >= 0.3 is 0 Å². The summed E-state index contributed by atoms with van der Waals surface area (Å²) in [5.41, 5.74) is 4.39. The van der Waals surface area contributed by atoms with Crippen LogP contribution in [0.4, 0.5) is 5.69 Å². The first-order valence-electron chi connectivity index (χ1n) is 13.7. The summed E-state index contributed by atoms with van der Waals surface area (Å²) in [6.45, 7) is 8.63.